The molecule has 2 heteroatoms. The van der Waals surface area contributed by atoms with Gasteiger partial charge in [-0.1, -0.05) is 72.3 Å². The Kier molecular flexibility index (Phi) is 9.11. The van der Waals surface area contributed by atoms with Gasteiger partial charge in [0.25, 0.3) is 0 Å². The van der Waals surface area contributed by atoms with E-state index >= 15 is 0 Å². The SMILES string of the molecule is C/C=C(/C)OB(C[C@H]1CCCC[C@H]1C(C)C)C[C@H]1CCCC[C@H]1C(C)C. The maximum atomic E-state index is 6.52. The zero-order valence-corrected chi connectivity index (χ0v) is 18.6. The summed E-state index contributed by atoms with van der Waals surface area (Å²) in [6.45, 7) is 14.4. The summed E-state index contributed by atoms with van der Waals surface area (Å²) in [7, 11) is 0. The molecule has 0 aromatic heterocycles. The van der Waals surface area contributed by atoms with Crippen LogP contribution in [0.5, 0.6) is 0 Å². The zero-order chi connectivity index (χ0) is 19.1. The topological polar surface area (TPSA) is 9.23 Å². The molecule has 1 nitrogen and oxygen atoms in total. The highest BCUT2D eigenvalue weighted by atomic mass is 16.4. The predicted molar refractivity (Wildman–Crippen MR) is 116 cm³/mol. The van der Waals surface area contributed by atoms with Gasteiger partial charge in [0, 0.05) is 0 Å². The summed E-state index contributed by atoms with van der Waals surface area (Å²) in [4.78, 5) is 0. The molecule has 26 heavy (non-hydrogen) atoms. The highest BCUT2D eigenvalue weighted by Crippen LogP contribution is 2.42. The Morgan fingerprint density at radius 2 is 1.27 bits per heavy atom. The third-order valence-electron chi connectivity index (χ3n) is 7.54. The molecule has 0 bridgehead atoms. The van der Waals surface area contributed by atoms with E-state index in [4.69, 9.17) is 4.65 Å². The Bertz CT molecular complexity index is 398. The molecule has 0 amide bonds. The second kappa shape index (κ2) is 10.8. The quantitative estimate of drug-likeness (QED) is 0.316. The van der Waals surface area contributed by atoms with Crippen molar-refractivity contribution in [2.45, 2.75) is 106 Å². The summed E-state index contributed by atoms with van der Waals surface area (Å²) < 4.78 is 6.52. The number of hydrogen-bond donors (Lipinski definition) is 0. The molecule has 4 atom stereocenters. The molecule has 0 aromatic rings. The van der Waals surface area contributed by atoms with E-state index in [9.17, 15) is 0 Å². The van der Waals surface area contributed by atoms with Crippen molar-refractivity contribution in [3.63, 3.8) is 0 Å². The first-order valence-corrected chi connectivity index (χ1v) is 11.7. The Morgan fingerprint density at radius 1 is 0.846 bits per heavy atom. The van der Waals surface area contributed by atoms with Gasteiger partial charge in [0.15, 0.2) is 0 Å². The monoisotopic (exact) mass is 360 g/mol. The van der Waals surface area contributed by atoms with Crippen molar-refractivity contribution in [3.05, 3.63) is 11.8 Å². The molecule has 0 aliphatic heterocycles. The van der Waals surface area contributed by atoms with Gasteiger partial charge < -0.3 is 4.65 Å². The fraction of sp³-hybridized carbons (Fsp3) is 0.917. The molecule has 150 valence electrons. The van der Waals surface area contributed by atoms with Gasteiger partial charge in [0.2, 0.25) is 0 Å². The van der Waals surface area contributed by atoms with Crippen molar-refractivity contribution >= 4 is 6.92 Å². The van der Waals surface area contributed by atoms with E-state index in [1.165, 1.54) is 64.0 Å². The molecule has 0 aromatic carbocycles. The third-order valence-corrected chi connectivity index (χ3v) is 7.54. The fourth-order valence-electron chi connectivity index (χ4n) is 6.01. The third kappa shape index (κ3) is 6.34. The van der Waals surface area contributed by atoms with Crippen LogP contribution in [0.3, 0.4) is 0 Å². The highest BCUT2D eigenvalue weighted by molar-refractivity contribution is 6.52. The molecule has 2 fully saturated rings. The van der Waals surface area contributed by atoms with Crippen molar-refractivity contribution in [2.75, 3.05) is 0 Å². The van der Waals surface area contributed by atoms with E-state index in [0.717, 1.165) is 41.3 Å². The first-order valence-electron chi connectivity index (χ1n) is 11.7. The molecular formula is C24H45BO. The minimum Gasteiger partial charge on any atom is -0.564 e. The maximum Gasteiger partial charge on any atom is 0.357 e. The van der Waals surface area contributed by atoms with Crippen LogP contribution in [0.2, 0.25) is 12.6 Å². The van der Waals surface area contributed by atoms with Crippen LogP contribution in [0.4, 0.5) is 0 Å². The van der Waals surface area contributed by atoms with Crippen LogP contribution in [0.15, 0.2) is 11.8 Å². The average molecular weight is 360 g/mol. The summed E-state index contributed by atoms with van der Waals surface area (Å²) in [5, 5.41) is 0. The van der Waals surface area contributed by atoms with Gasteiger partial charge in [0.05, 0.1) is 5.76 Å². The molecule has 0 radical (unpaired) electrons. The van der Waals surface area contributed by atoms with Gasteiger partial charge in [0.1, 0.15) is 0 Å². The van der Waals surface area contributed by atoms with Crippen LogP contribution < -0.4 is 0 Å². The smallest absolute Gasteiger partial charge is 0.357 e. The van der Waals surface area contributed by atoms with Gasteiger partial charge >= 0.3 is 6.92 Å². The summed E-state index contributed by atoms with van der Waals surface area (Å²) in [6.07, 6.45) is 16.2. The van der Waals surface area contributed by atoms with Crippen molar-refractivity contribution in [3.8, 4) is 0 Å². The van der Waals surface area contributed by atoms with Gasteiger partial charge in [-0.3, -0.25) is 0 Å². The normalized spacial score (nSPS) is 30.7. The lowest BCUT2D eigenvalue weighted by Crippen LogP contribution is -2.34. The summed E-state index contributed by atoms with van der Waals surface area (Å²) >= 11 is 0. The molecule has 0 heterocycles. The number of rotatable bonds is 8. The molecular weight excluding hydrogens is 315 g/mol. The number of hydrogen-bond acceptors (Lipinski definition) is 1. The van der Waals surface area contributed by atoms with Gasteiger partial charge in [-0.05, 0) is 74.8 Å². The summed E-state index contributed by atoms with van der Waals surface area (Å²) in [5.41, 5.74) is 0. The maximum absolute atomic E-state index is 6.52. The summed E-state index contributed by atoms with van der Waals surface area (Å²) in [5.74, 6) is 6.34. The van der Waals surface area contributed by atoms with Crippen LogP contribution in [-0.4, -0.2) is 6.92 Å². The standard InChI is InChI=1S/C24H45BO/c1-7-20(6)26-25(16-21-12-8-10-14-23(21)18(2)3)17-22-13-9-11-15-24(22)19(4)5/h7,18-19,21-24H,8-17H2,1-6H3/b20-7-/t21-,22-,23+,24+/m1/s1. The average Bonchev–Trinajstić information content (AvgIpc) is 2.62. The second-order valence-electron chi connectivity index (χ2n) is 10.0. The van der Waals surface area contributed by atoms with Crippen molar-refractivity contribution in [1.29, 1.82) is 0 Å². The number of allylic oxidation sites excluding steroid dienone is 2. The van der Waals surface area contributed by atoms with Gasteiger partial charge in [-0.15, -0.1) is 0 Å². The first kappa shape index (κ1) is 21.9. The van der Waals surface area contributed by atoms with Crippen molar-refractivity contribution in [1.82, 2.24) is 0 Å². The Hall–Kier alpha value is -0.395. The lowest BCUT2D eigenvalue weighted by molar-refractivity contribution is 0.180. The molecule has 0 spiro atoms. The molecule has 0 saturated heterocycles. The molecule has 0 N–H and O–H groups in total. The molecule has 2 aliphatic rings. The summed E-state index contributed by atoms with van der Waals surface area (Å²) in [6, 6.07) is 0. The Morgan fingerprint density at radius 3 is 1.65 bits per heavy atom. The van der Waals surface area contributed by atoms with E-state index < -0.39 is 0 Å². The van der Waals surface area contributed by atoms with E-state index in [0.29, 0.717) is 6.92 Å². The van der Waals surface area contributed by atoms with E-state index in [-0.39, 0.29) is 0 Å². The highest BCUT2D eigenvalue weighted by Gasteiger charge is 2.36. The predicted octanol–water partition coefficient (Wildman–Crippen LogP) is 7.84. The fourth-order valence-corrected chi connectivity index (χ4v) is 6.01. The van der Waals surface area contributed by atoms with Crippen LogP contribution in [0, 0.1) is 35.5 Å². The molecule has 2 saturated carbocycles. The van der Waals surface area contributed by atoms with Crippen LogP contribution in [0.1, 0.15) is 92.9 Å². The van der Waals surface area contributed by atoms with E-state index in [2.05, 4.69) is 47.6 Å². The molecule has 2 aliphatic carbocycles. The van der Waals surface area contributed by atoms with E-state index in [1.54, 1.807) is 0 Å². The Balaban J connectivity index is 2.06. The minimum atomic E-state index is 0.430. The lowest BCUT2D eigenvalue weighted by Gasteiger charge is -2.38. The zero-order valence-electron chi connectivity index (χ0n) is 18.6. The van der Waals surface area contributed by atoms with Gasteiger partial charge in [-0.25, -0.2) is 0 Å². The molecule has 2 rings (SSSR count). The second-order valence-corrected chi connectivity index (χ2v) is 10.0. The van der Waals surface area contributed by atoms with Crippen molar-refractivity contribution in [2.24, 2.45) is 35.5 Å². The minimum absolute atomic E-state index is 0.430. The largest absolute Gasteiger partial charge is 0.564 e. The van der Waals surface area contributed by atoms with E-state index in [1.807, 2.05) is 0 Å². The molecule has 0 unspecified atom stereocenters. The van der Waals surface area contributed by atoms with Crippen molar-refractivity contribution < 1.29 is 4.65 Å². The Labute approximate surface area is 164 Å². The van der Waals surface area contributed by atoms with Gasteiger partial charge in [-0.2, -0.15) is 0 Å². The lowest BCUT2D eigenvalue weighted by atomic mass is 9.49. The van der Waals surface area contributed by atoms with Crippen LogP contribution in [-0.2, 0) is 4.65 Å². The van der Waals surface area contributed by atoms with Crippen LogP contribution in [0.25, 0.3) is 0 Å². The first-order chi connectivity index (χ1) is 12.4. The van der Waals surface area contributed by atoms with Crippen LogP contribution >= 0.6 is 0 Å².